The van der Waals surface area contributed by atoms with Crippen molar-refractivity contribution in [3.63, 3.8) is 0 Å². The van der Waals surface area contributed by atoms with Crippen molar-refractivity contribution in [2.45, 2.75) is 25.6 Å². The highest BCUT2D eigenvalue weighted by Crippen LogP contribution is 2.63. The molecule has 4 nitrogen and oxygen atoms in total. The van der Waals surface area contributed by atoms with Gasteiger partial charge in [0, 0.05) is 5.69 Å². The summed E-state index contributed by atoms with van der Waals surface area (Å²) in [5.41, 5.74) is -2.56. The van der Waals surface area contributed by atoms with Gasteiger partial charge < -0.3 is 14.4 Å². The van der Waals surface area contributed by atoms with Crippen LogP contribution in [0.4, 0.5) is 14.5 Å². The van der Waals surface area contributed by atoms with E-state index in [-0.39, 0.29) is 13.2 Å². The Balaban J connectivity index is 2.39. The molecular weight excluding hydrogens is 371 g/mol. The van der Waals surface area contributed by atoms with Crippen LogP contribution in [0.15, 0.2) is 66.7 Å². The Morgan fingerprint density at radius 1 is 1.00 bits per heavy atom. The van der Waals surface area contributed by atoms with Gasteiger partial charge in [-0.3, -0.25) is 4.57 Å². The summed E-state index contributed by atoms with van der Waals surface area (Å²) in [6.07, 6.45) is 2.84. The van der Waals surface area contributed by atoms with Crippen LogP contribution in [-0.2, 0) is 13.6 Å². The SMILES string of the molecule is CCOP(=O)(OCC)C(F)(F)C(/C=C/c1ccccc1)Nc1ccccc1. The van der Waals surface area contributed by atoms with Crippen molar-refractivity contribution in [2.24, 2.45) is 0 Å². The Kier molecular flexibility index (Phi) is 7.72. The highest BCUT2D eigenvalue weighted by atomic mass is 31.2. The third kappa shape index (κ3) is 5.48. The lowest BCUT2D eigenvalue weighted by atomic mass is 10.1. The molecule has 0 spiro atoms. The molecule has 146 valence electrons. The van der Waals surface area contributed by atoms with E-state index in [2.05, 4.69) is 5.32 Å². The molecule has 0 aliphatic carbocycles. The van der Waals surface area contributed by atoms with Crippen molar-refractivity contribution in [2.75, 3.05) is 18.5 Å². The first-order valence-corrected chi connectivity index (χ1v) is 10.3. The minimum Gasteiger partial charge on any atom is -0.373 e. The Morgan fingerprint density at radius 3 is 2.04 bits per heavy atom. The Hall–Kier alpha value is -2.01. The Bertz CT molecular complexity index is 759. The molecule has 0 bridgehead atoms. The van der Waals surface area contributed by atoms with Gasteiger partial charge in [0.15, 0.2) is 0 Å². The average Bonchev–Trinajstić information content (AvgIpc) is 2.67. The lowest BCUT2D eigenvalue weighted by Crippen LogP contribution is -2.39. The van der Waals surface area contributed by atoms with Gasteiger partial charge in [-0.25, -0.2) is 0 Å². The number of anilines is 1. The van der Waals surface area contributed by atoms with Crippen LogP contribution in [-0.4, -0.2) is 24.9 Å². The van der Waals surface area contributed by atoms with Gasteiger partial charge in [-0.05, 0) is 31.5 Å². The molecule has 0 saturated carbocycles. The van der Waals surface area contributed by atoms with Crippen LogP contribution < -0.4 is 5.32 Å². The van der Waals surface area contributed by atoms with Crippen LogP contribution in [0.2, 0.25) is 0 Å². The summed E-state index contributed by atoms with van der Waals surface area (Å²) in [6, 6.07) is 16.0. The second kappa shape index (κ2) is 9.79. The van der Waals surface area contributed by atoms with Gasteiger partial charge in [0.2, 0.25) is 0 Å². The summed E-state index contributed by atoms with van der Waals surface area (Å²) in [5.74, 6) is 0. The van der Waals surface area contributed by atoms with E-state index < -0.39 is 19.3 Å². The van der Waals surface area contributed by atoms with Crippen LogP contribution in [0.5, 0.6) is 0 Å². The fraction of sp³-hybridized carbons (Fsp3) is 0.300. The van der Waals surface area contributed by atoms with Gasteiger partial charge in [0.25, 0.3) is 0 Å². The molecule has 7 heteroatoms. The molecule has 1 atom stereocenters. The Labute approximate surface area is 158 Å². The van der Waals surface area contributed by atoms with Crippen LogP contribution >= 0.6 is 7.60 Å². The predicted octanol–water partition coefficient (Wildman–Crippen LogP) is 6.04. The van der Waals surface area contributed by atoms with Crippen molar-refractivity contribution in [3.8, 4) is 0 Å². The summed E-state index contributed by atoms with van der Waals surface area (Å²) in [6.45, 7) is 2.71. The van der Waals surface area contributed by atoms with E-state index in [4.69, 9.17) is 9.05 Å². The molecule has 27 heavy (non-hydrogen) atoms. The van der Waals surface area contributed by atoms with E-state index >= 15 is 8.78 Å². The van der Waals surface area contributed by atoms with Gasteiger partial charge in [-0.15, -0.1) is 0 Å². The zero-order chi connectivity index (χ0) is 19.8. The maximum Gasteiger partial charge on any atom is 0.402 e. The van der Waals surface area contributed by atoms with Crippen LogP contribution in [0, 0.1) is 0 Å². The molecule has 0 amide bonds. The molecule has 0 saturated heterocycles. The molecule has 0 aliphatic rings. The van der Waals surface area contributed by atoms with Crippen molar-refractivity contribution in [1.82, 2.24) is 0 Å². The van der Waals surface area contributed by atoms with Gasteiger partial charge >= 0.3 is 13.3 Å². The molecule has 2 aromatic rings. The molecule has 0 heterocycles. The monoisotopic (exact) mass is 395 g/mol. The zero-order valence-corrected chi connectivity index (χ0v) is 16.2. The van der Waals surface area contributed by atoms with Crippen molar-refractivity contribution < 1.29 is 22.4 Å². The van der Waals surface area contributed by atoms with Crippen LogP contribution in [0.3, 0.4) is 0 Å². The number of benzene rings is 2. The lowest BCUT2D eigenvalue weighted by Gasteiger charge is -2.31. The number of halogens is 2. The molecule has 2 aromatic carbocycles. The number of rotatable bonds is 10. The quantitative estimate of drug-likeness (QED) is 0.498. The van der Waals surface area contributed by atoms with E-state index in [1.165, 1.54) is 19.9 Å². The maximum absolute atomic E-state index is 15.3. The number of nitrogens with one attached hydrogen (secondary N) is 1. The predicted molar refractivity (Wildman–Crippen MR) is 105 cm³/mol. The zero-order valence-electron chi connectivity index (χ0n) is 15.3. The second-order valence-electron chi connectivity index (χ2n) is 5.68. The lowest BCUT2D eigenvalue weighted by molar-refractivity contribution is 0.0336. The normalized spacial score (nSPS) is 13.6. The second-order valence-corrected chi connectivity index (χ2v) is 7.79. The van der Waals surface area contributed by atoms with E-state index in [0.29, 0.717) is 5.69 Å². The number of hydrogen-bond donors (Lipinski definition) is 1. The highest BCUT2D eigenvalue weighted by Gasteiger charge is 2.58. The van der Waals surface area contributed by atoms with E-state index in [0.717, 1.165) is 5.56 Å². The minimum absolute atomic E-state index is 0.146. The van der Waals surface area contributed by atoms with E-state index in [9.17, 15) is 4.57 Å². The first-order chi connectivity index (χ1) is 12.9. The van der Waals surface area contributed by atoms with E-state index in [1.807, 2.05) is 18.2 Å². The summed E-state index contributed by atoms with van der Waals surface area (Å²) < 4.78 is 53.2. The van der Waals surface area contributed by atoms with Gasteiger partial charge in [-0.1, -0.05) is 60.7 Å². The molecule has 0 aliphatic heterocycles. The summed E-state index contributed by atoms with van der Waals surface area (Å²) in [4.78, 5) is 0. The standard InChI is InChI=1S/C20H24F2NO3P/c1-3-25-27(24,26-4-2)20(21,22)19(23-18-13-9-6-10-14-18)16-15-17-11-7-5-8-12-17/h5-16,19,23H,3-4H2,1-2H3/b16-15+. The molecular formula is C20H24F2NO3P. The number of alkyl halides is 2. The van der Waals surface area contributed by atoms with Crippen LogP contribution in [0.1, 0.15) is 19.4 Å². The Morgan fingerprint density at radius 2 is 1.52 bits per heavy atom. The highest BCUT2D eigenvalue weighted by molar-refractivity contribution is 7.55. The molecule has 0 aromatic heterocycles. The van der Waals surface area contributed by atoms with Crippen molar-refractivity contribution in [1.29, 1.82) is 0 Å². The summed E-state index contributed by atoms with van der Waals surface area (Å²) >= 11 is 0. The maximum atomic E-state index is 15.3. The topological polar surface area (TPSA) is 47.6 Å². The molecule has 0 radical (unpaired) electrons. The fourth-order valence-corrected chi connectivity index (χ4v) is 4.05. The summed E-state index contributed by atoms with van der Waals surface area (Å²) in [5, 5.41) is 2.74. The van der Waals surface area contributed by atoms with Gasteiger partial charge in [0.05, 0.1) is 13.2 Å². The smallest absolute Gasteiger partial charge is 0.373 e. The third-order valence-electron chi connectivity index (χ3n) is 3.71. The van der Waals surface area contributed by atoms with Gasteiger partial charge in [-0.2, -0.15) is 8.78 Å². The third-order valence-corrected chi connectivity index (χ3v) is 5.92. The first kappa shape index (κ1) is 21.3. The molecule has 2 rings (SSSR count). The number of hydrogen-bond acceptors (Lipinski definition) is 4. The van der Waals surface area contributed by atoms with Crippen molar-refractivity contribution >= 4 is 19.4 Å². The minimum atomic E-state index is -4.68. The average molecular weight is 395 g/mol. The molecule has 1 N–H and O–H groups in total. The number of para-hydroxylation sites is 1. The fourth-order valence-electron chi connectivity index (χ4n) is 2.46. The molecule has 0 fully saturated rings. The van der Waals surface area contributed by atoms with Gasteiger partial charge in [0.1, 0.15) is 6.04 Å². The first-order valence-electron chi connectivity index (χ1n) is 8.74. The van der Waals surface area contributed by atoms with E-state index in [1.54, 1.807) is 48.5 Å². The summed E-state index contributed by atoms with van der Waals surface area (Å²) in [7, 11) is -4.68. The van der Waals surface area contributed by atoms with Crippen LogP contribution in [0.25, 0.3) is 6.08 Å². The molecule has 1 unspecified atom stereocenters. The van der Waals surface area contributed by atoms with Crippen molar-refractivity contribution in [3.05, 3.63) is 72.3 Å². The largest absolute Gasteiger partial charge is 0.402 e.